The molecule has 1 saturated carbocycles. The molecule has 1 aliphatic carbocycles. The Hall–Kier alpha value is -2.11. The van der Waals surface area contributed by atoms with Crippen molar-refractivity contribution in [3.8, 4) is 0 Å². The number of hydrogen-bond donors (Lipinski definition) is 3. The zero-order chi connectivity index (χ0) is 14.5. The maximum atomic E-state index is 12.1. The molecule has 0 spiro atoms. The van der Waals surface area contributed by atoms with Gasteiger partial charge in [-0.3, -0.25) is 14.4 Å². The first-order valence-electron chi connectivity index (χ1n) is 6.80. The Balaban J connectivity index is 2.09. The molecule has 2 atom stereocenters. The minimum Gasteiger partial charge on any atom is -0.481 e. The van der Waals surface area contributed by atoms with Crippen LogP contribution in [-0.4, -0.2) is 28.0 Å². The SMILES string of the molecule is O=C(NC1CCCCCC1C(=O)O)c1ccc(=O)[nH]c1. The molecule has 2 rings (SSSR count). The predicted molar refractivity (Wildman–Crippen MR) is 72.5 cm³/mol. The van der Waals surface area contributed by atoms with Crippen LogP contribution in [-0.2, 0) is 4.79 Å². The highest BCUT2D eigenvalue weighted by molar-refractivity contribution is 5.94. The van der Waals surface area contributed by atoms with Gasteiger partial charge in [-0.15, -0.1) is 0 Å². The molecule has 0 aliphatic heterocycles. The van der Waals surface area contributed by atoms with Crippen LogP contribution in [0.15, 0.2) is 23.1 Å². The number of pyridine rings is 1. The van der Waals surface area contributed by atoms with Crippen molar-refractivity contribution in [1.82, 2.24) is 10.3 Å². The molecule has 0 bridgehead atoms. The third kappa shape index (κ3) is 3.46. The third-order valence-electron chi connectivity index (χ3n) is 3.70. The summed E-state index contributed by atoms with van der Waals surface area (Å²) in [5.74, 6) is -1.75. The molecule has 20 heavy (non-hydrogen) atoms. The van der Waals surface area contributed by atoms with Crippen LogP contribution in [0.4, 0.5) is 0 Å². The highest BCUT2D eigenvalue weighted by Crippen LogP contribution is 2.24. The molecule has 6 heteroatoms. The minimum atomic E-state index is -0.862. The van der Waals surface area contributed by atoms with Gasteiger partial charge in [0.1, 0.15) is 0 Å². The molecule has 0 aromatic carbocycles. The minimum absolute atomic E-state index is 0.278. The zero-order valence-corrected chi connectivity index (χ0v) is 11.1. The number of rotatable bonds is 3. The number of nitrogens with one attached hydrogen (secondary N) is 2. The van der Waals surface area contributed by atoms with Crippen LogP contribution in [0, 0.1) is 5.92 Å². The topological polar surface area (TPSA) is 99.3 Å². The van der Waals surface area contributed by atoms with E-state index in [0.717, 1.165) is 19.3 Å². The van der Waals surface area contributed by atoms with Crippen LogP contribution in [0.5, 0.6) is 0 Å². The van der Waals surface area contributed by atoms with Gasteiger partial charge in [0, 0.05) is 18.3 Å². The predicted octanol–water partition coefficient (Wildman–Crippen LogP) is 1.14. The molecule has 1 fully saturated rings. The fraction of sp³-hybridized carbons (Fsp3) is 0.500. The van der Waals surface area contributed by atoms with Gasteiger partial charge in [0.05, 0.1) is 11.5 Å². The Morgan fingerprint density at radius 1 is 1.20 bits per heavy atom. The average molecular weight is 278 g/mol. The van der Waals surface area contributed by atoms with Gasteiger partial charge in [-0.05, 0) is 18.9 Å². The lowest BCUT2D eigenvalue weighted by Crippen LogP contribution is -2.42. The molecule has 0 radical (unpaired) electrons. The van der Waals surface area contributed by atoms with Crippen molar-refractivity contribution in [1.29, 1.82) is 0 Å². The van der Waals surface area contributed by atoms with E-state index in [-0.39, 0.29) is 17.5 Å². The lowest BCUT2D eigenvalue weighted by atomic mass is 9.94. The van der Waals surface area contributed by atoms with Gasteiger partial charge < -0.3 is 15.4 Å². The number of hydrogen-bond acceptors (Lipinski definition) is 3. The number of carboxylic acids is 1. The summed E-state index contributed by atoms with van der Waals surface area (Å²) in [6.07, 6.45) is 5.39. The van der Waals surface area contributed by atoms with Crippen molar-refractivity contribution < 1.29 is 14.7 Å². The number of carbonyl (C=O) groups excluding carboxylic acids is 1. The summed E-state index contributed by atoms with van der Waals surface area (Å²) in [5.41, 5.74) is 0.0532. The largest absolute Gasteiger partial charge is 0.481 e. The van der Waals surface area contributed by atoms with Crippen LogP contribution in [0.3, 0.4) is 0 Å². The molecule has 108 valence electrons. The Bertz CT molecular complexity index is 532. The quantitative estimate of drug-likeness (QED) is 0.722. The summed E-state index contributed by atoms with van der Waals surface area (Å²) in [7, 11) is 0. The van der Waals surface area contributed by atoms with Gasteiger partial charge in [0.2, 0.25) is 5.56 Å². The normalized spacial score (nSPS) is 22.8. The van der Waals surface area contributed by atoms with E-state index in [1.807, 2.05) is 0 Å². The molecule has 0 saturated heterocycles. The fourth-order valence-corrected chi connectivity index (χ4v) is 2.58. The molecule has 6 nitrogen and oxygen atoms in total. The third-order valence-corrected chi connectivity index (χ3v) is 3.70. The summed E-state index contributed by atoms with van der Waals surface area (Å²) in [5, 5.41) is 12.0. The van der Waals surface area contributed by atoms with Gasteiger partial charge in [0.25, 0.3) is 5.91 Å². The zero-order valence-electron chi connectivity index (χ0n) is 11.1. The molecular weight excluding hydrogens is 260 g/mol. The van der Waals surface area contributed by atoms with E-state index < -0.39 is 11.9 Å². The first-order valence-corrected chi connectivity index (χ1v) is 6.80. The first kappa shape index (κ1) is 14.3. The fourth-order valence-electron chi connectivity index (χ4n) is 2.58. The van der Waals surface area contributed by atoms with E-state index in [0.29, 0.717) is 18.4 Å². The first-order chi connectivity index (χ1) is 9.58. The van der Waals surface area contributed by atoms with Crippen LogP contribution in [0.2, 0.25) is 0 Å². The highest BCUT2D eigenvalue weighted by atomic mass is 16.4. The van der Waals surface area contributed by atoms with Gasteiger partial charge in [-0.2, -0.15) is 0 Å². The Labute approximate surface area is 116 Å². The van der Waals surface area contributed by atoms with Crippen molar-refractivity contribution in [3.05, 3.63) is 34.2 Å². The van der Waals surface area contributed by atoms with E-state index in [1.54, 1.807) is 0 Å². The second kappa shape index (κ2) is 6.36. The van der Waals surface area contributed by atoms with Crippen molar-refractivity contribution in [2.24, 2.45) is 5.92 Å². The molecule has 1 aromatic heterocycles. The van der Waals surface area contributed by atoms with Gasteiger partial charge >= 0.3 is 5.97 Å². The van der Waals surface area contributed by atoms with Crippen molar-refractivity contribution >= 4 is 11.9 Å². The molecule has 2 unspecified atom stereocenters. The molecule has 1 aromatic rings. The number of carbonyl (C=O) groups is 2. The number of aromatic nitrogens is 1. The summed E-state index contributed by atoms with van der Waals surface area (Å²) in [4.78, 5) is 36.7. The summed E-state index contributed by atoms with van der Waals surface area (Å²) >= 11 is 0. The van der Waals surface area contributed by atoms with Crippen molar-refractivity contribution in [2.45, 2.75) is 38.1 Å². The molecule has 1 heterocycles. The highest BCUT2D eigenvalue weighted by Gasteiger charge is 2.30. The van der Waals surface area contributed by atoms with E-state index in [4.69, 9.17) is 0 Å². The van der Waals surface area contributed by atoms with Crippen molar-refractivity contribution in [2.75, 3.05) is 0 Å². The van der Waals surface area contributed by atoms with Crippen molar-refractivity contribution in [3.63, 3.8) is 0 Å². The monoisotopic (exact) mass is 278 g/mol. The second-order valence-corrected chi connectivity index (χ2v) is 5.10. The average Bonchev–Trinajstić information content (AvgIpc) is 2.65. The summed E-state index contributed by atoms with van der Waals surface area (Å²) in [6, 6.07) is 2.35. The maximum absolute atomic E-state index is 12.1. The number of amides is 1. The van der Waals surface area contributed by atoms with Gasteiger partial charge in [0.15, 0.2) is 0 Å². The smallest absolute Gasteiger partial charge is 0.308 e. The number of carboxylic acid groups (broad SMARTS) is 1. The lowest BCUT2D eigenvalue weighted by molar-refractivity contribution is -0.142. The van der Waals surface area contributed by atoms with E-state index in [2.05, 4.69) is 10.3 Å². The molecular formula is C14H18N2O4. The molecule has 3 N–H and O–H groups in total. The Morgan fingerprint density at radius 3 is 2.60 bits per heavy atom. The summed E-state index contributed by atoms with van der Waals surface area (Å²) < 4.78 is 0. The Morgan fingerprint density at radius 2 is 1.95 bits per heavy atom. The molecule has 1 amide bonds. The van der Waals surface area contributed by atoms with Crippen LogP contribution in [0.1, 0.15) is 42.5 Å². The second-order valence-electron chi connectivity index (χ2n) is 5.10. The van der Waals surface area contributed by atoms with E-state index >= 15 is 0 Å². The van der Waals surface area contributed by atoms with Gasteiger partial charge in [-0.25, -0.2) is 0 Å². The Kier molecular flexibility index (Phi) is 4.55. The van der Waals surface area contributed by atoms with Crippen LogP contribution in [0.25, 0.3) is 0 Å². The lowest BCUT2D eigenvalue weighted by Gasteiger charge is -2.22. The molecule has 1 aliphatic rings. The number of aliphatic carboxylic acids is 1. The van der Waals surface area contributed by atoms with Crippen LogP contribution < -0.4 is 10.9 Å². The standard InChI is InChI=1S/C14H18N2O4/c17-12-7-6-9(8-15-12)13(18)16-11-5-3-1-2-4-10(11)14(19)20/h6-8,10-11H,1-5H2,(H,15,17)(H,16,18)(H,19,20). The number of H-pyrrole nitrogens is 1. The number of aromatic amines is 1. The van der Waals surface area contributed by atoms with Crippen LogP contribution >= 0.6 is 0 Å². The maximum Gasteiger partial charge on any atom is 0.308 e. The summed E-state index contributed by atoms with van der Waals surface area (Å²) in [6.45, 7) is 0. The van der Waals surface area contributed by atoms with E-state index in [1.165, 1.54) is 18.3 Å². The van der Waals surface area contributed by atoms with Gasteiger partial charge in [-0.1, -0.05) is 19.3 Å². The van der Waals surface area contributed by atoms with E-state index in [9.17, 15) is 19.5 Å².